The number of nitrogens with one attached hydrogen (secondary N) is 1. The second-order valence-corrected chi connectivity index (χ2v) is 4.01. The molecular formula is C10H16N4O2. The van der Waals surface area contributed by atoms with Crippen LogP contribution in [0, 0.1) is 11.3 Å². The fraction of sp³-hybridized carbons (Fsp3) is 0.800. The van der Waals surface area contributed by atoms with Crippen LogP contribution in [0.1, 0.15) is 0 Å². The summed E-state index contributed by atoms with van der Waals surface area (Å²) in [6.07, 6.45) is -0.318. The average Bonchev–Trinajstić information content (AvgIpc) is 2.72. The first-order chi connectivity index (χ1) is 7.79. The molecule has 6 heteroatoms. The van der Waals surface area contributed by atoms with Gasteiger partial charge in [-0.25, -0.2) is 4.79 Å². The summed E-state index contributed by atoms with van der Waals surface area (Å²) in [5.74, 6) is 0. The summed E-state index contributed by atoms with van der Waals surface area (Å²) in [7, 11) is 0. The number of amides is 2. The number of ether oxygens (including phenoxy) is 1. The highest BCUT2D eigenvalue weighted by Gasteiger charge is 2.23. The molecule has 2 aliphatic rings. The van der Waals surface area contributed by atoms with E-state index >= 15 is 0 Å². The van der Waals surface area contributed by atoms with Crippen LogP contribution in [0.15, 0.2) is 0 Å². The van der Waals surface area contributed by atoms with Gasteiger partial charge in [-0.1, -0.05) is 0 Å². The quantitative estimate of drug-likeness (QED) is 0.684. The van der Waals surface area contributed by atoms with E-state index in [1.54, 1.807) is 4.90 Å². The van der Waals surface area contributed by atoms with Crippen molar-refractivity contribution in [3.8, 4) is 6.07 Å². The van der Waals surface area contributed by atoms with Gasteiger partial charge < -0.3 is 15.0 Å². The Morgan fingerprint density at radius 1 is 1.50 bits per heavy atom. The van der Waals surface area contributed by atoms with Crippen LogP contribution in [0.4, 0.5) is 4.79 Å². The van der Waals surface area contributed by atoms with Gasteiger partial charge in [-0.2, -0.15) is 5.26 Å². The van der Waals surface area contributed by atoms with Gasteiger partial charge in [-0.05, 0) is 0 Å². The van der Waals surface area contributed by atoms with E-state index in [4.69, 9.17) is 10.00 Å². The SMILES string of the molecule is N#CC1CN(CCN2CCNC2=O)CCO1. The summed E-state index contributed by atoms with van der Waals surface area (Å²) in [6.45, 7) is 5.15. The largest absolute Gasteiger partial charge is 0.361 e. The van der Waals surface area contributed by atoms with Crippen molar-refractivity contribution in [1.29, 1.82) is 5.26 Å². The Morgan fingerprint density at radius 3 is 3.06 bits per heavy atom. The van der Waals surface area contributed by atoms with Crippen LogP contribution in [-0.2, 0) is 4.74 Å². The van der Waals surface area contributed by atoms with E-state index in [2.05, 4.69) is 16.3 Å². The zero-order chi connectivity index (χ0) is 11.4. The monoisotopic (exact) mass is 224 g/mol. The van der Waals surface area contributed by atoms with Gasteiger partial charge in [0.25, 0.3) is 0 Å². The maximum Gasteiger partial charge on any atom is 0.317 e. The fourth-order valence-electron chi connectivity index (χ4n) is 1.97. The highest BCUT2D eigenvalue weighted by molar-refractivity contribution is 5.76. The van der Waals surface area contributed by atoms with E-state index in [9.17, 15) is 4.79 Å². The van der Waals surface area contributed by atoms with Gasteiger partial charge in [0.2, 0.25) is 0 Å². The fourth-order valence-corrected chi connectivity index (χ4v) is 1.97. The van der Waals surface area contributed by atoms with Crippen molar-refractivity contribution in [3.63, 3.8) is 0 Å². The lowest BCUT2D eigenvalue weighted by Gasteiger charge is -2.30. The van der Waals surface area contributed by atoms with E-state index in [0.717, 1.165) is 32.7 Å². The molecule has 88 valence electrons. The van der Waals surface area contributed by atoms with Crippen LogP contribution in [0.25, 0.3) is 0 Å². The lowest BCUT2D eigenvalue weighted by molar-refractivity contribution is -0.000889. The normalized spacial score (nSPS) is 26.6. The Bertz CT molecular complexity index is 302. The molecule has 0 saturated carbocycles. The number of urea groups is 1. The van der Waals surface area contributed by atoms with Crippen molar-refractivity contribution in [1.82, 2.24) is 15.1 Å². The van der Waals surface area contributed by atoms with Crippen molar-refractivity contribution < 1.29 is 9.53 Å². The van der Waals surface area contributed by atoms with Gasteiger partial charge in [0, 0.05) is 39.3 Å². The number of hydrogen-bond acceptors (Lipinski definition) is 4. The number of carbonyl (C=O) groups is 1. The van der Waals surface area contributed by atoms with Gasteiger partial charge in [0.15, 0.2) is 6.10 Å². The van der Waals surface area contributed by atoms with Crippen molar-refractivity contribution in [2.75, 3.05) is 45.9 Å². The lowest BCUT2D eigenvalue weighted by atomic mass is 10.3. The summed E-state index contributed by atoms with van der Waals surface area (Å²) < 4.78 is 5.25. The summed E-state index contributed by atoms with van der Waals surface area (Å²) in [5.41, 5.74) is 0. The highest BCUT2D eigenvalue weighted by atomic mass is 16.5. The van der Waals surface area contributed by atoms with Gasteiger partial charge >= 0.3 is 6.03 Å². The highest BCUT2D eigenvalue weighted by Crippen LogP contribution is 2.05. The third kappa shape index (κ3) is 2.62. The molecule has 1 atom stereocenters. The number of nitriles is 1. The number of nitrogens with zero attached hydrogens (tertiary/aromatic N) is 3. The molecule has 0 aliphatic carbocycles. The first kappa shape index (κ1) is 11.2. The summed E-state index contributed by atoms with van der Waals surface area (Å²) in [4.78, 5) is 15.3. The minimum Gasteiger partial charge on any atom is -0.361 e. The van der Waals surface area contributed by atoms with Crippen LogP contribution < -0.4 is 5.32 Å². The molecule has 1 N–H and O–H groups in total. The lowest BCUT2D eigenvalue weighted by Crippen LogP contribution is -2.45. The minimum absolute atomic E-state index is 0.0186. The van der Waals surface area contributed by atoms with E-state index < -0.39 is 0 Å². The topological polar surface area (TPSA) is 68.6 Å². The zero-order valence-electron chi connectivity index (χ0n) is 9.19. The summed E-state index contributed by atoms with van der Waals surface area (Å²) in [6, 6.07) is 2.13. The molecular weight excluding hydrogens is 208 g/mol. The molecule has 0 aromatic heterocycles. The minimum atomic E-state index is -0.318. The summed E-state index contributed by atoms with van der Waals surface area (Å²) >= 11 is 0. The number of carbonyl (C=O) groups excluding carboxylic acids is 1. The Kier molecular flexibility index (Phi) is 3.59. The smallest absolute Gasteiger partial charge is 0.317 e. The van der Waals surface area contributed by atoms with Gasteiger partial charge in [-0.15, -0.1) is 0 Å². The Balaban J connectivity index is 1.73. The van der Waals surface area contributed by atoms with Crippen LogP contribution in [0.5, 0.6) is 0 Å². The van der Waals surface area contributed by atoms with E-state index in [-0.39, 0.29) is 12.1 Å². The van der Waals surface area contributed by atoms with E-state index in [0.29, 0.717) is 13.2 Å². The third-order valence-corrected chi connectivity index (χ3v) is 2.93. The molecule has 2 aliphatic heterocycles. The zero-order valence-corrected chi connectivity index (χ0v) is 9.19. The van der Waals surface area contributed by atoms with Crippen LogP contribution in [0.3, 0.4) is 0 Å². The van der Waals surface area contributed by atoms with Gasteiger partial charge in [0.05, 0.1) is 12.7 Å². The van der Waals surface area contributed by atoms with Crippen LogP contribution in [0.2, 0.25) is 0 Å². The molecule has 0 bridgehead atoms. The second kappa shape index (κ2) is 5.14. The second-order valence-electron chi connectivity index (χ2n) is 4.01. The number of morpholine rings is 1. The van der Waals surface area contributed by atoms with Gasteiger partial charge in [-0.3, -0.25) is 4.90 Å². The molecule has 16 heavy (non-hydrogen) atoms. The van der Waals surface area contributed by atoms with Crippen LogP contribution in [-0.4, -0.2) is 67.8 Å². The van der Waals surface area contributed by atoms with Gasteiger partial charge in [0.1, 0.15) is 0 Å². The predicted octanol–water partition coefficient (Wildman–Crippen LogP) is -0.764. The molecule has 1 unspecified atom stereocenters. The first-order valence-corrected chi connectivity index (χ1v) is 5.56. The molecule has 0 aromatic rings. The molecule has 2 heterocycles. The number of rotatable bonds is 3. The Hall–Kier alpha value is -1.32. The van der Waals surface area contributed by atoms with Crippen LogP contribution >= 0.6 is 0 Å². The summed E-state index contributed by atoms with van der Waals surface area (Å²) in [5, 5.41) is 11.5. The van der Waals surface area contributed by atoms with E-state index in [1.807, 2.05) is 0 Å². The maximum atomic E-state index is 11.3. The van der Waals surface area contributed by atoms with Crippen molar-refractivity contribution in [2.45, 2.75) is 6.10 Å². The Labute approximate surface area is 94.7 Å². The predicted molar refractivity (Wildman–Crippen MR) is 56.8 cm³/mol. The molecule has 2 saturated heterocycles. The molecule has 2 fully saturated rings. The molecule has 6 nitrogen and oxygen atoms in total. The molecule has 2 rings (SSSR count). The molecule has 0 spiro atoms. The number of hydrogen-bond donors (Lipinski definition) is 1. The van der Waals surface area contributed by atoms with Crippen molar-refractivity contribution in [2.24, 2.45) is 0 Å². The molecule has 0 radical (unpaired) electrons. The first-order valence-electron chi connectivity index (χ1n) is 5.56. The van der Waals surface area contributed by atoms with Crippen molar-refractivity contribution in [3.05, 3.63) is 0 Å². The maximum absolute atomic E-state index is 11.3. The molecule has 2 amide bonds. The van der Waals surface area contributed by atoms with Crippen molar-refractivity contribution >= 4 is 6.03 Å². The average molecular weight is 224 g/mol. The Morgan fingerprint density at radius 2 is 2.38 bits per heavy atom. The third-order valence-electron chi connectivity index (χ3n) is 2.93. The van der Waals surface area contributed by atoms with E-state index in [1.165, 1.54) is 0 Å². The standard InChI is InChI=1S/C10H16N4O2/c11-7-9-8-13(5-6-16-9)3-4-14-2-1-12-10(14)15/h9H,1-6,8H2,(H,12,15). The molecule has 0 aromatic carbocycles.